The Hall–Kier alpha value is -1.64. The lowest BCUT2D eigenvalue weighted by Gasteiger charge is -2.14. The molecule has 0 aliphatic rings. The molecule has 0 unspecified atom stereocenters. The summed E-state index contributed by atoms with van der Waals surface area (Å²) in [6.45, 7) is 1.77. The number of anilines is 1. The van der Waals surface area contributed by atoms with Gasteiger partial charge in [-0.05, 0) is 24.6 Å². The Morgan fingerprint density at radius 1 is 1.47 bits per heavy atom. The second kappa shape index (κ2) is 6.00. The van der Waals surface area contributed by atoms with Crippen LogP contribution in [0.1, 0.15) is 13.3 Å². The molecule has 0 spiro atoms. The average molecular weight is 287 g/mol. The molecule has 5 N–H and O–H groups in total. The molecule has 0 aliphatic heterocycles. The maximum Gasteiger partial charge on any atom is 0.241 e. The fraction of sp³-hybridized carbons (Fsp3) is 0.364. The van der Waals surface area contributed by atoms with Gasteiger partial charge in [-0.25, -0.2) is 13.6 Å². The Morgan fingerprint density at radius 3 is 2.58 bits per heavy atom. The Morgan fingerprint density at radius 2 is 2.11 bits per heavy atom. The van der Waals surface area contributed by atoms with Crippen LogP contribution in [0.15, 0.2) is 23.1 Å². The molecular formula is C11H17N3O4S. The van der Waals surface area contributed by atoms with E-state index in [4.69, 9.17) is 15.6 Å². The highest BCUT2D eigenvalue weighted by Gasteiger charge is 2.16. The van der Waals surface area contributed by atoms with Crippen molar-refractivity contribution in [3.05, 3.63) is 18.2 Å². The van der Waals surface area contributed by atoms with Crippen LogP contribution >= 0.6 is 0 Å². The van der Waals surface area contributed by atoms with E-state index >= 15 is 0 Å². The van der Waals surface area contributed by atoms with Crippen LogP contribution < -0.4 is 20.9 Å². The fourth-order valence-electron chi connectivity index (χ4n) is 1.37. The summed E-state index contributed by atoms with van der Waals surface area (Å²) in [5.74, 6) is -0.101. The molecule has 1 rings (SSSR count). The number of sulfonamides is 1. The maximum absolute atomic E-state index is 11.7. The number of carbonyl (C=O) groups is 1. The van der Waals surface area contributed by atoms with Gasteiger partial charge in [-0.2, -0.15) is 0 Å². The molecule has 7 nitrogen and oxygen atoms in total. The number of nitrogens with two attached hydrogens (primary N) is 2. The molecule has 1 atom stereocenters. The summed E-state index contributed by atoms with van der Waals surface area (Å²) >= 11 is 0. The van der Waals surface area contributed by atoms with Gasteiger partial charge < -0.3 is 15.8 Å². The number of hydrogen-bond donors (Lipinski definition) is 3. The maximum atomic E-state index is 11.7. The SMILES string of the molecule is CC[C@H](N)C(=O)Nc1cc(S(N)(=O)=O)ccc1OC. The lowest BCUT2D eigenvalue weighted by atomic mass is 10.2. The lowest BCUT2D eigenvalue weighted by Crippen LogP contribution is -2.35. The number of benzene rings is 1. The quantitative estimate of drug-likeness (QED) is 0.704. The van der Waals surface area contributed by atoms with Crippen molar-refractivity contribution in [2.24, 2.45) is 10.9 Å². The van der Waals surface area contributed by atoms with Gasteiger partial charge in [0, 0.05) is 0 Å². The van der Waals surface area contributed by atoms with Crippen molar-refractivity contribution < 1.29 is 17.9 Å². The van der Waals surface area contributed by atoms with E-state index in [1.54, 1.807) is 6.92 Å². The van der Waals surface area contributed by atoms with Crippen molar-refractivity contribution in [1.82, 2.24) is 0 Å². The van der Waals surface area contributed by atoms with Crippen molar-refractivity contribution >= 4 is 21.6 Å². The molecule has 1 amide bonds. The van der Waals surface area contributed by atoms with Crippen molar-refractivity contribution in [3.63, 3.8) is 0 Å². The van der Waals surface area contributed by atoms with E-state index in [1.165, 1.54) is 25.3 Å². The summed E-state index contributed by atoms with van der Waals surface area (Å²) in [6, 6.07) is 3.26. The van der Waals surface area contributed by atoms with Crippen LogP contribution in [-0.4, -0.2) is 27.5 Å². The van der Waals surface area contributed by atoms with Crippen LogP contribution in [0.2, 0.25) is 0 Å². The molecule has 0 heterocycles. The van der Waals surface area contributed by atoms with Gasteiger partial charge in [-0.15, -0.1) is 0 Å². The summed E-state index contributed by atoms with van der Waals surface area (Å²) in [4.78, 5) is 11.6. The van der Waals surface area contributed by atoms with E-state index in [0.717, 1.165) is 0 Å². The molecule has 0 aliphatic carbocycles. The molecule has 0 bridgehead atoms. The third-order valence-electron chi connectivity index (χ3n) is 2.53. The second-order valence-corrected chi connectivity index (χ2v) is 5.47. The molecular weight excluding hydrogens is 270 g/mol. The first-order valence-corrected chi connectivity index (χ1v) is 7.11. The first-order chi connectivity index (χ1) is 8.79. The van der Waals surface area contributed by atoms with E-state index in [0.29, 0.717) is 12.2 Å². The van der Waals surface area contributed by atoms with Gasteiger partial charge in [-0.3, -0.25) is 4.79 Å². The standard InChI is InChI=1S/C11H17N3O4S/c1-3-8(12)11(15)14-9-6-7(19(13,16)17)4-5-10(9)18-2/h4-6,8H,3,12H2,1-2H3,(H,14,15)(H2,13,16,17)/t8-/m0/s1. The third kappa shape index (κ3) is 3.91. The number of carbonyl (C=O) groups excluding carboxylic acids is 1. The Labute approximate surface area is 112 Å². The highest BCUT2D eigenvalue weighted by atomic mass is 32.2. The number of hydrogen-bond acceptors (Lipinski definition) is 5. The highest BCUT2D eigenvalue weighted by molar-refractivity contribution is 7.89. The summed E-state index contributed by atoms with van der Waals surface area (Å²) in [5.41, 5.74) is 5.79. The number of methoxy groups -OCH3 is 1. The van der Waals surface area contributed by atoms with Crippen LogP contribution in [0.4, 0.5) is 5.69 Å². The molecule has 0 saturated carbocycles. The van der Waals surface area contributed by atoms with Gasteiger partial charge in [0.25, 0.3) is 0 Å². The van der Waals surface area contributed by atoms with E-state index < -0.39 is 22.0 Å². The topological polar surface area (TPSA) is 125 Å². The summed E-state index contributed by atoms with van der Waals surface area (Å²) in [7, 11) is -2.45. The van der Waals surface area contributed by atoms with Crippen LogP contribution in [0.3, 0.4) is 0 Å². The molecule has 106 valence electrons. The van der Waals surface area contributed by atoms with Crippen molar-refractivity contribution in [2.75, 3.05) is 12.4 Å². The van der Waals surface area contributed by atoms with Gasteiger partial charge >= 0.3 is 0 Å². The minimum absolute atomic E-state index is 0.117. The number of amides is 1. The number of nitrogens with one attached hydrogen (secondary N) is 1. The van der Waals surface area contributed by atoms with Crippen LogP contribution in [-0.2, 0) is 14.8 Å². The monoisotopic (exact) mass is 287 g/mol. The minimum Gasteiger partial charge on any atom is -0.495 e. The minimum atomic E-state index is -3.85. The fourth-order valence-corrected chi connectivity index (χ4v) is 1.91. The average Bonchev–Trinajstić information content (AvgIpc) is 2.36. The normalized spacial score (nSPS) is 12.8. The third-order valence-corrected chi connectivity index (χ3v) is 3.44. The van der Waals surface area contributed by atoms with Gasteiger partial charge in [0.1, 0.15) is 5.75 Å². The predicted molar refractivity (Wildman–Crippen MR) is 71.3 cm³/mol. The largest absolute Gasteiger partial charge is 0.495 e. The van der Waals surface area contributed by atoms with Gasteiger partial charge in [0.15, 0.2) is 0 Å². The van der Waals surface area contributed by atoms with Crippen LogP contribution in [0, 0.1) is 0 Å². The summed E-state index contributed by atoms with van der Waals surface area (Å²) in [5, 5.41) is 7.54. The van der Waals surface area contributed by atoms with Gasteiger partial charge in [-0.1, -0.05) is 6.92 Å². The Kier molecular flexibility index (Phi) is 4.87. The van der Waals surface area contributed by atoms with Crippen LogP contribution in [0.5, 0.6) is 5.75 Å². The molecule has 1 aromatic carbocycles. The highest BCUT2D eigenvalue weighted by Crippen LogP contribution is 2.27. The number of rotatable bonds is 5. The molecule has 0 radical (unpaired) electrons. The Bertz CT molecular complexity index is 571. The molecule has 0 aromatic heterocycles. The molecule has 0 saturated heterocycles. The lowest BCUT2D eigenvalue weighted by molar-refractivity contribution is -0.117. The number of ether oxygens (including phenoxy) is 1. The Balaban J connectivity index is 3.14. The molecule has 0 fully saturated rings. The van der Waals surface area contributed by atoms with Crippen molar-refractivity contribution in [2.45, 2.75) is 24.3 Å². The predicted octanol–water partition coefficient (Wildman–Crippen LogP) is 0.0184. The zero-order valence-electron chi connectivity index (χ0n) is 10.7. The summed E-state index contributed by atoms with van der Waals surface area (Å²) < 4.78 is 27.6. The first kappa shape index (κ1) is 15.4. The summed E-state index contributed by atoms with van der Waals surface area (Å²) in [6.07, 6.45) is 0.461. The zero-order valence-corrected chi connectivity index (χ0v) is 11.5. The van der Waals surface area contributed by atoms with Crippen molar-refractivity contribution in [3.8, 4) is 5.75 Å². The second-order valence-electron chi connectivity index (χ2n) is 3.91. The molecule has 1 aromatic rings. The van der Waals surface area contributed by atoms with Crippen molar-refractivity contribution in [1.29, 1.82) is 0 Å². The van der Waals surface area contributed by atoms with E-state index in [-0.39, 0.29) is 10.6 Å². The zero-order chi connectivity index (χ0) is 14.6. The van der Waals surface area contributed by atoms with E-state index in [2.05, 4.69) is 5.32 Å². The van der Waals surface area contributed by atoms with E-state index in [9.17, 15) is 13.2 Å². The van der Waals surface area contributed by atoms with Gasteiger partial charge in [0.05, 0.1) is 23.7 Å². The van der Waals surface area contributed by atoms with E-state index in [1.807, 2.05) is 0 Å². The van der Waals surface area contributed by atoms with Crippen LogP contribution in [0.25, 0.3) is 0 Å². The first-order valence-electron chi connectivity index (χ1n) is 5.57. The van der Waals surface area contributed by atoms with Gasteiger partial charge in [0.2, 0.25) is 15.9 Å². The molecule has 8 heteroatoms. The molecule has 19 heavy (non-hydrogen) atoms. The number of primary sulfonamides is 1. The smallest absolute Gasteiger partial charge is 0.241 e.